The molecule has 2 nitrogen and oxygen atoms in total. The molecule has 1 aliphatic carbocycles. The average molecular weight is 197 g/mol. The van der Waals surface area contributed by atoms with Crippen molar-refractivity contribution in [1.82, 2.24) is 5.32 Å². The molecule has 1 N–H and O–H groups in total. The first-order chi connectivity index (χ1) is 6.63. The fraction of sp³-hybridized carbons (Fsp3) is 0.833. The van der Waals surface area contributed by atoms with Crippen LogP contribution in [0.5, 0.6) is 0 Å². The molecule has 14 heavy (non-hydrogen) atoms. The third kappa shape index (κ3) is 3.24. The van der Waals surface area contributed by atoms with Gasteiger partial charge in [0, 0.05) is 7.05 Å². The van der Waals surface area contributed by atoms with Gasteiger partial charge in [0.2, 0.25) is 0 Å². The molecule has 0 aromatic heterocycles. The third-order valence-corrected chi connectivity index (χ3v) is 3.25. The lowest BCUT2D eigenvalue weighted by molar-refractivity contribution is 0.0523. The van der Waals surface area contributed by atoms with Crippen LogP contribution in [-0.4, -0.2) is 13.2 Å². The number of hydrogen-bond donors (Lipinski definition) is 1. The van der Waals surface area contributed by atoms with Crippen LogP contribution in [0.15, 0.2) is 12.5 Å². The van der Waals surface area contributed by atoms with Crippen LogP contribution in [0.3, 0.4) is 0 Å². The molecule has 0 unspecified atom stereocenters. The van der Waals surface area contributed by atoms with Crippen molar-refractivity contribution >= 4 is 0 Å². The Balaban J connectivity index is 2.25. The monoisotopic (exact) mass is 197 g/mol. The highest BCUT2D eigenvalue weighted by Crippen LogP contribution is 2.31. The standard InChI is InChI=1S/C12H23NO/c1-9(2)11-5-7-12(8-6-11)14-10(3)13-4/h9,11-13H,3,5-8H2,1-2,4H3. The Bertz CT molecular complexity index is 181. The van der Waals surface area contributed by atoms with Gasteiger partial charge in [-0.3, -0.25) is 0 Å². The molecule has 82 valence electrons. The maximum atomic E-state index is 5.66. The summed E-state index contributed by atoms with van der Waals surface area (Å²) in [5, 5.41) is 2.93. The molecule has 1 saturated carbocycles. The molecular weight excluding hydrogens is 174 g/mol. The van der Waals surface area contributed by atoms with E-state index in [0.717, 1.165) is 11.8 Å². The van der Waals surface area contributed by atoms with E-state index in [1.807, 2.05) is 7.05 Å². The Morgan fingerprint density at radius 3 is 2.29 bits per heavy atom. The zero-order valence-electron chi connectivity index (χ0n) is 9.68. The summed E-state index contributed by atoms with van der Waals surface area (Å²) >= 11 is 0. The second kappa shape index (κ2) is 5.28. The number of hydrogen-bond acceptors (Lipinski definition) is 2. The second-order valence-electron chi connectivity index (χ2n) is 4.57. The first kappa shape index (κ1) is 11.4. The Hall–Kier alpha value is -0.660. The molecule has 0 aliphatic heterocycles. The van der Waals surface area contributed by atoms with E-state index in [2.05, 4.69) is 25.7 Å². The van der Waals surface area contributed by atoms with Gasteiger partial charge in [-0.15, -0.1) is 0 Å². The summed E-state index contributed by atoms with van der Waals surface area (Å²) in [7, 11) is 1.85. The highest BCUT2D eigenvalue weighted by atomic mass is 16.5. The second-order valence-corrected chi connectivity index (χ2v) is 4.57. The summed E-state index contributed by atoms with van der Waals surface area (Å²) in [6.07, 6.45) is 5.37. The summed E-state index contributed by atoms with van der Waals surface area (Å²) in [6.45, 7) is 8.42. The first-order valence-corrected chi connectivity index (χ1v) is 5.66. The lowest BCUT2D eigenvalue weighted by atomic mass is 9.80. The summed E-state index contributed by atoms with van der Waals surface area (Å²) in [4.78, 5) is 0. The van der Waals surface area contributed by atoms with Gasteiger partial charge in [0.1, 0.15) is 6.10 Å². The molecule has 0 spiro atoms. The van der Waals surface area contributed by atoms with Crippen molar-refractivity contribution < 1.29 is 4.74 Å². The zero-order valence-corrected chi connectivity index (χ0v) is 9.68. The molecule has 0 heterocycles. The molecular formula is C12H23NO. The van der Waals surface area contributed by atoms with Crippen molar-refractivity contribution in [1.29, 1.82) is 0 Å². The van der Waals surface area contributed by atoms with Crippen LogP contribution in [0.25, 0.3) is 0 Å². The van der Waals surface area contributed by atoms with Gasteiger partial charge in [-0.05, 0) is 44.1 Å². The van der Waals surface area contributed by atoms with E-state index >= 15 is 0 Å². The Labute approximate surface area is 87.7 Å². The molecule has 0 saturated heterocycles. The van der Waals surface area contributed by atoms with Gasteiger partial charge in [0.05, 0.1) is 0 Å². The molecule has 1 fully saturated rings. The fourth-order valence-electron chi connectivity index (χ4n) is 2.13. The smallest absolute Gasteiger partial charge is 0.179 e. The van der Waals surface area contributed by atoms with Crippen LogP contribution in [-0.2, 0) is 4.74 Å². The molecule has 0 atom stereocenters. The predicted octanol–water partition coefficient (Wildman–Crippen LogP) is 2.91. The molecule has 1 aliphatic rings. The van der Waals surface area contributed by atoms with Crippen LogP contribution in [0.2, 0.25) is 0 Å². The quantitative estimate of drug-likeness (QED) is 0.700. The lowest BCUT2D eigenvalue weighted by Crippen LogP contribution is -2.25. The minimum atomic E-state index is 0.393. The van der Waals surface area contributed by atoms with Crippen LogP contribution in [0, 0.1) is 11.8 Å². The van der Waals surface area contributed by atoms with E-state index in [9.17, 15) is 0 Å². The van der Waals surface area contributed by atoms with E-state index in [4.69, 9.17) is 4.74 Å². The number of ether oxygens (including phenoxy) is 1. The number of nitrogens with one attached hydrogen (secondary N) is 1. The van der Waals surface area contributed by atoms with E-state index in [0.29, 0.717) is 12.0 Å². The minimum absolute atomic E-state index is 0.393. The van der Waals surface area contributed by atoms with Crippen molar-refractivity contribution in [2.45, 2.75) is 45.6 Å². The summed E-state index contributed by atoms with van der Waals surface area (Å²) in [5.74, 6) is 2.43. The maximum absolute atomic E-state index is 5.66. The maximum Gasteiger partial charge on any atom is 0.179 e. The minimum Gasteiger partial charge on any atom is -0.476 e. The molecule has 0 aromatic rings. The predicted molar refractivity (Wildman–Crippen MR) is 59.9 cm³/mol. The largest absolute Gasteiger partial charge is 0.476 e. The number of rotatable bonds is 4. The summed E-state index contributed by atoms with van der Waals surface area (Å²) in [5.41, 5.74) is 0. The van der Waals surface area contributed by atoms with Gasteiger partial charge in [0.25, 0.3) is 0 Å². The SMILES string of the molecule is C=C(NC)OC1CCC(C(C)C)CC1. The van der Waals surface area contributed by atoms with Gasteiger partial charge < -0.3 is 10.1 Å². The highest BCUT2D eigenvalue weighted by molar-refractivity contribution is 4.82. The molecule has 0 amide bonds. The van der Waals surface area contributed by atoms with Crippen LogP contribution in [0.4, 0.5) is 0 Å². The van der Waals surface area contributed by atoms with E-state index in [-0.39, 0.29) is 0 Å². The molecule has 0 aromatic carbocycles. The Kier molecular flexibility index (Phi) is 4.30. The Morgan fingerprint density at radius 1 is 1.29 bits per heavy atom. The lowest BCUT2D eigenvalue weighted by Gasteiger charge is -2.31. The van der Waals surface area contributed by atoms with Gasteiger partial charge in [-0.2, -0.15) is 0 Å². The van der Waals surface area contributed by atoms with Crippen molar-refractivity contribution in [2.24, 2.45) is 11.8 Å². The van der Waals surface area contributed by atoms with Gasteiger partial charge in [0.15, 0.2) is 5.88 Å². The molecule has 1 rings (SSSR count). The third-order valence-electron chi connectivity index (χ3n) is 3.25. The molecule has 2 heteroatoms. The van der Waals surface area contributed by atoms with E-state index < -0.39 is 0 Å². The van der Waals surface area contributed by atoms with Crippen molar-refractivity contribution in [3.63, 3.8) is 0 Å². The van der Waals surface area contributed by atoms with Gasteiger partial charge >= 0.3 is 0 Å². The van der Waals surface area contributed by atoms with Crippen molar-refractivity contribution in [3.05, 3.63) is 12.5 Å². The van der Waals surface area contributed by atoms with Crippen LogP contribution in [0.1, 0.15) is 39.5 Å². The van der Waals surface area contributed by atoms with Crippen LogP contribution < -0.4 is 5.32 Å². The topological polar surface area (TPSA) is 21.3 Å². The van der Waals surface area contributed by atoms with Gasteiger partial charge in [-0.1, -0.05) is 13.8 Å². The normalized spacial score (nSPS) is 27.4. The van der Waals surface area contributed by atoms with E-state index in [1.54, 1.807) is 0 Å². The Morgan fingerprint density at radius 2 is 1.86 bits per heavy atom. The van der Waals surface area contributed by atoms with Gasteiger partial charge in [-0.25, -0.2) is 0 Å². The first-order valence-electron chi connectivity index (χ1n) is 5.66. The highest BCUT2D eigenvalue weighted by Gasteiger charge is 2.24. The van der Waals surface area contributed by atoms with Crippen molar-refractivity contribution in [2.75, 3.05) is 7.05 Å². The molecule has 0 radical (unpaired) electrons. The summed E-state index contributed by atoms with van der Waals surface area (Å²) < 4.78 is 5.66. The van der Waals surface area contributed by atoms with Crippen molar-refractivity contribution in [3.8, 4) is 0 Å². The van der Waals surface area contributed by atoms with E-state index in [1.165, 1.54) is 25.7 Å². The fourth-order valence-corrected chi connectivity index (χ4v) is 2.13. The summed E-state index contributed by atoms with van der Waals surface area (Å²) in [6, 6.07) is 0. The zero-order chi connectivity index (χ0) is 10.6. The molecule has 0 bridgehead atoms. The van der Waals surface area contributed by atoms with Crippen LogP contribution >= 0.6 is 0 Å². The average Bonchev–Trinajstić information content (AvgIpc) is 2.18.